The highest BCUT2D eigenvalue weighted by Gasteiger charge is 2.32. The van der Waals surface area contributed by atoms with Crippen LogP contribution in [0, 0.1) is 0 Å². The molecular weight excluding hydrogens is 202 g/mol. The van der Waals surface area contributed by atoms with Gasteiger partial charge >= 0.3 is 0 Å². The van der Waals surface area contributed by atoms with E-state index in [1.807, 2.05) is 6.26 Å². The Hall–Kier alpha value is -0.540. The molecule has 1 unspecified atom stereocenters. The van der Waals surface area contributed by atoms with Crippen molar-refractivity contribution in [2.75, 3.05) is 20.3 Å². The van der Waals surface area contributed by atoms with Crippen LogP contribution in [-0.4, -0.2) is 31.9 Å². The molecule has 1 aliphatic heterocycles. The predicted octanol–water partition coefficient (Wildman–Crippen LogP) is 2.47. The Balaban J connectivity index is 2.73. The molecule has 94 valence electrons. The highest BCUT2D eigenvalue weighted by Crippen LogP contribution is 2.25. The fourth-order valence-electron chi connectivity index (χ4n) is 2.03. The van der Waals surface area contributed by atoms with Crippen LogP contribution in [0.2, 0.25) is 0 Å². The SMILES string of the molecule is CCCNC(C1=COCCC1)C(C)(C)OC. The van der Waals surface area contributed by atoms with Gasteiger partial charge in [0.25, 0.3) is 0 Å². The van der Waals surface area contributed by atoms with Crippen LogP contribution in [-0.2, 0) is 9.47 Å². The van der Waals surface area contributed by atoms with E-state index in [1.54, 1.807) is 7.11 Å². The average molecular weight is 227 g/mol. The summed E-state index contributed by atoms with van der Waals surface area (Å²) in [5.74, 6) is 0. The number of hydrogen-bond donors (Lipinski definition) is 1. The summed E-state index contributed by atoms with van der Waals surface area (Å²) >= 11 is 0. The minimum absolute atomic E-state index is 0.193. The third-order valence-corrected chi connectivity index (χ3v) is 3.15. The van der Waals surface area contributed by atoms with Gasteiger partial charge < -0.3 is 14.8 Å². The highest BCUT2D eigenvalue weighted by molar-refractivity contribution is 5.15. The van der Waals surface area contributed by atoms with Crippen LogP contribution in [0.1, 0.15) is 40.0 Å². The van der Waals surface area contributed by atoms with Gasteiger partial charge in [-0.3, -0.25) is 0 Å². The molecule has 0 aromatic rings. The highest BCUT2D eigenvalue weighted by atomic mass is 16.5. The van der Waals surface area contributed by atoms with Crippen molar-refractivity contribution in [3.05, 3.63) is 11.8 Å². The van der Waals surface area contributed by atoms with E-state index in [-0.39, 0.29) is 11.6 Å². The molecule has 0 radical (unpaired) electrons. The van der Waals surface area contributed by atoms with Gasteiger partial charge in [0.05, 0.1) is 24.5 Å². The Bertz CT molecular complexity index is 236. The Morgan fingerprint density at radius 2 is 2.31 bits per heavy atom. The number of nitrogens with one attached hydrogen (secondary N) is 1. The van der Waals surface area contributed by atoms with Crippen LogP contribution in [0.4, 0.5) is 0 Å². The van der Waals surface area contributed by atoms with Gasteiger partial charge in [0, 0.05) is 7.11 Å². The first kappa shape index (κ1) is 13.5. The van der Waals surface area contributed by atoms with Crippen LogP contribution in [0.3, 0.4) is 0 Å². The molecule has 1 atom stereocenters. The van der Waals surface area contributed by atoms with E-state index in [0.717, 1.165) is 32.4 Å². The van der Waals surface area contributed by atoms with Gasteiger partial charge in [0.15, 0.2) is 0 Å². The third kappa shape index (κ3) is 3.49. The van der Waals surface area contributed by atoms with Crippen molar-refractivity contribution < 1.29 is 9.47 Å². The van der Waals surface area contributed by atoms with Gasteiger partial charge in [-0.15, -0.1) is 0 Å². The van der Waals surface area contributed by atoms with Gasteiger partial charge in [0.1, 0.15) is 0 Å². The largest absolute Gasteiger partial charge is 0.501 e. The second-order valence-corrected chi connectivity index (χ2v) is 4.86. The lowest BCUT2D eigenvalue weighted by atomic mass is 9.89. The van der Waals surface area contributed by atoms with Crippen molar-refractivity contribution >= 4 is 0 Å². The van der Waals surface area contributed by atoms with Crippen LogP contribution >= 0.6 is 0 Å². The maximum Gasteiger partial charge on any atom is 0.0876 e. The molecule has 3 heteroatoms. The summed E-state index contributed by atoms with van der Waals surface area (Å²) in [7, 11) is 1.77. The van der Waals surface area contributed by atoms with Crippen LogP contribution in [0.15, 0.2) is 11.8 Å². The molecule has 0 fully saturated rings. The van der Waals surface area contributed by atoms with E-state index in [9.17, 15) is 0 Å². The summed E-state index contributed by atoms with van der Waals surface area (Å²) in [6, 6.07) is 0.248. The Morgan fingerprint density at radius 3 is 2.81 bits per heavy atom. The summed E-state index contributed by atoms with van der Waals surface area (Å²) in [5, 5.41) is 3.56. The number of hydrogen-bond acceptors (Lipinski definition) is 3. The van der Waals surface area contributed by atoms with Crippen molar-refractivity contribution in [3.8, 4) is 0 Å². The maximum atomic E-state index is 5.59. The van der Waals surface area contributed by atoms with Gasteiger partial charge in [-0.1, -0.05) is 6.92 Å². The first-order valence-corrected chi connectivity index (χ1v) is 6.21. The van der Waals surface area contributed by atoms with Crippen LogP contribution in [0.25, 0.3) is 0 Å². The van der Waals surface area contributed by atoms with E-state index in [4.69, 9.17) is 9.47 Å². The number of rotatable bonds is 6. The molecule has 1 N–H and O–H groups in total. The molecule has 0 bridgehead atoms. The van der Waals surface area contributed by atoms with Crippen LogP contribution in [0.5, 0.6) is 0 Å². The summed E-state index contributed by atoms with van der Waals surface area (Å²) in [4.78, 5) is 0. The fourth-order valence-corrected chi connectivity index (χ4v) is 2.03. The molecule has 0 aromatic carbocycles. The molecule has 3 nitrogen and oxygen atoms in total. The zero-order valence-corrected chi connectivity index (χ0v) is 11.0. The second kappa shape index (κ2) is 6.26. The molecule has 0 aliphatic carbocycles. The first-order chi connectivity index (χ1) is 7.61. The zero-order valence-electron chi connectivity index (χ0n) is 11.0. The van der Waals surface area contributed by atoms with Gasteiger partial charge in [-0.2, -0.15) is 0 Å². The molecule has 1 aliphatic rings. The summed E-state index contributed by atoms with van der Waals surface area (Å²) in [6.07, 6.45) is 5.26. The molecule has 0 saturated carbocycles. The lowest BCUT2D eigenvalue weighted by molar-refractivity contribution is -0.00288. The van der Waals surface area contributed by atoms with Gasteiger partial charge in [-0.25, -0.2) is 0 Å². The van der Waals surface area contributed by atoms with E-state index < -0.39 is 0 Å². The van der Waals surface area contributed by atoms with Gasteiger partial charge in [-0.05, 0) is 45.2 Å². The van der Waals surface area contributed by atoms with E-state index in [0.29, 0.717) is 0 Å². The Kier molecular flexibility index (Phi) is 5.29. The maximum absolute atomic E-state index is 5.59. The minimum atomic E-state index is -0.193. The zero-order chi connectivity index (χ0) is 12.0. The lowest BCUT2D eigenvalue weighted by Gasteiger charge is -2.36. The molecular formula is C13H25NO2. The number of methoxy groups -OCH3 is 1. The topological polar surface area (TPSA) is 30.5 Å². The summed E-state index contributed by atoms with van der Waals surface area (Å²) in [6.45, 7) is 8.27. The molecule has 16 heavy (non-hydrogen) atoms. The predicted molar refractivity (Wildman–Crippen MR) is 66.4 cm³/mol. The second-order valence-electron chi connectivity index (χ2n) is 4.86. The molecule has 1 heterocycles. The number of ether oxygens (including phenoxy) is 2. The standard InChI is InChI=1S/C13H25NO2/c1-5-8-14-12(13(2,3)15-4)11-7-6-9-16-10-11/h10,12,14H,5-9H2,1-4H3. The summed E-state index contributed by atoms with van der Waals surface area (Å²) < 4.78 is 11.0. The van der Waals surface area contributed by atoms with E-state index in [1.165, 1.54) is 5.57 Å². The quantitative estimate of drug-likeness (QED) is 0.756. The van der Waals surface area contributed by atoms with Crippen molar-refractivity contribution in [2.24, 2.45) is 0 Å². The minimum Gasteiger partial charge on any atom is -0.501 e. The van der Waals surface area contributed by atoms with Crippen molar-refractivity contribution in [1.29, 1.82) is 0 Å². The Morgan fingerprint density at radius 1 is 1.56 bits per heavy atom. The molecule has 0 amide bonds. The molecule has 0 saturated heterocycles. The lowest BCUT2D eigenvalue weighted by Crippen LogP contribution is -2.50. The fraction of sp³-hybridized carbons (Fsp3) is 0.846. The molecule has 0 aromatic heterocycles. The van der Waals surface area contributed by atoms with Crippen molar-refractivity contribution in [2.45, 2.75) is 51.7 Å². The van der Waals surface area contributed by atoms with Crippen molar-refractivity contribution in [1.82, 2.24) is 5.32 Å². The molecule has 0 spiro atoms. The average Bonchev–Trinajstić information content (AvgIpc) is 2.31. The van der Waals surface area contributed by atoms with Crippen molar-refractivity contribution in [3.63, 3.8) is 0 Å². The Labute approximate surface area is 99.2 Å². The third-order valence-electron chi connectivity index (χ3n) is 3.15. The smallest absolute Gasteiger partial charge is 0.0876 e. The monoisotopic (exact) mass is 227 g/mol. The van der Waals surface area contributed by atoms with E-state index >= 15 is 0 Å². The molecule has 1 rings (SSSR count). The summed E-state index contributed by atoms with van der Waals surface area (Å²) in [5.41, 5.74) is 1.13. The van der Waals surface area contributed by atoms with Crippen LogP contribution < -0.4 is 5.32 Å². The normalized spacial score (nSPS) is 18.9. The van der Waals surface area contributed by atoms with Gasteiger partial charge in [0.2, 0.25) is 0 Å². The first-order valence-electron chi connectivity index (χ1n) is 6.21. The van der Waals surface area contributed by atoms with E-state index in [2.05, 4.69) is 26.1 Å².